The normalized spacial score (nSPS) is 11.0. The molecule has 126 valence electrons. The van der Waals surface area contributed by atoms with Crippen molar-refractivity contribution in [3.8, 4) is 5.75 Å². The molecule has 2 aromatic rings. The molecule has 0 atom stereocenters. The largest absolute Gasteiger partial charge is 0.433 e. The Hall–Kier alpha value is -2.40. The van der Waals surface area contributed by atoms with Crippen LogP contribution < -0.4 is 10.1 Å². The van der Waals surface area contributed by atoms with Crippen LogP contribution in [0.3, 0.4) is 0 Å². The number of aryl methyl sites for hydroxylation is 1. The lowest BCUT2D eigenvalue weighted by molar-refractivity contribution is -0.111. The monoisotopic (exact) mass is 351 g/mol. The molecule has 1 amide bonds. The highest BCUT2D eigenvalue weighted by molar-refractivity contribution is 6.32. The summed E-state index contributed by atoms with van der Waals surface area (Å²) in [5, 5.41) is 2.60. The summed E-state index contributed by atoms with van der Waals surface area (Å²) >= 11 is 5.83. The van der Waals surface area contributed by atoms with E-state index in [1.807, 2.05) is 24.3 Å². The third-order valence-electron chi connectivity index (χ3n) is 3.23. The second-order valence-corrected chi connectivity index (χ2v) is 5.35. The van der Waals surface area contributed by atoms with Gasteiger partial charge in [0.2, 0.25) is 5.91 Å². The minimum absolute atomic E-state index is 0.00719. The molecule has 2 rings (SSSR count). The van der Waals surface area contributed by atoms with E-state index in [1.54, 1.807) is 6.08 Å². The highest BCUT2D eigenvalue weighted by atomic mass is 35.5. The summed E-state index contributed by atoms with van der Waals surface area (Å²) in [6.45, 7) is -0.883. The molecule has 6 heteroatoms. The molecule has 24 heavy (non-hydrogen) atoms. The van der Waals surface area contributed by atoms with Crippen LogP contribution in [0.25, 0.3) is 6.08 Å². The van der Waals surface area contributed by atoms with Crippen molar-refractivity contribution < 1.29 is 18.3 Å². The summed E-state index contributed by atoms with van der Waals surface area (Å²) in [4.78, 5) is 11.9. The Bertz CT molecular complexity index is 730. The molecule has 0 heterocycles. The van der Waals surface area contributed by atoms with Gasteiger partial charge in [-0.2, -0.15) is 8.78 Å². The Labute approximate surface area is 143 Å². The molecule has 0 aliphatic carbocycles. The molecule has 0 unspecified atom stereocenters. The molecule has 0 bridgehead atoms. The highest BCUT2D eigenvalue weighted by Gasteiger charge is 2.09. The summed E-state index contributed by atoms with van der Waals surface area (Å²) in [6, 6.07) is 11.9. The first-order chi connectivity index (χ1) is 11.5. The molecule has 0 spiro atoms. The fourth-order valence-corrected chi connectivity index (χ4v) is 2.22. The number of nitrogens with one attached hydrogen (secondary N) is 1. The van der Waals surface area contributed by atoms with E-state index < -0.39 is 6.61 Å². The van der Waals surface area contributed by atoms with Crippen molar-refractivity contribution in [1.29, 1.82) is 0 Å². The molecule has 3 nitrogen and oxygen atoms in total. The van der Waals surface area contributed by atoms with Crippen LogP contribution >= 0.6 is 11.6 Å². The first-order valence-corrected chi connectivity index (χ1v) is 7.68. The van der Waals surface area contributed by atoms with Crippen LogP contribution in [0.4, 0.5) is 14.5 Å². The number of carbonyl (C=O) groups excluding carboxylic acids is 1. The molecule has 2 aromatic carbocycles. The second-order valence-electron chi connectivity index (χ2n) is 4.94. The van der Waals surface area contributed by atoms with Gasteiger partial charge in [-0.05, 0) is 41.8 Å². The van der Waals surface area contributed by atoms with Gasteiger partial charge in [0.1, 0.15) is 5.75 Å². The zero-order chi connectivity index (χ0) is 17.5. The Morgan fingerprint density at radius 2 is 1.96 bits per heavy atom. The average Bonchev–Trinajstić information content (AvgIpc) is 2.55. The van der Waals surface area contributed by atoms with Gasteiger partial charge in [-0.15, -0.1) is 0 Å². The maximum absolute atomic E-state index is 12.2. The third-order valence-corrected chi connectivity index (χ3v) is 3.53. The van der Waals surface area contributed by atoms with Gasteiger partial charge in [-0.3, -0.25) is 4.79 Å². The topological polar surface area (TPSA) is 38.3 Å². The quantitative estimate of drug-likeness (QED) is 0.730. The molecule has 0 saturated carbocycles. The number of ether oxygens (including phenoxy) is 1. The number of carbonyl (C=O) groups is 1. The Morgan fingerprint density at radius 1 is 1.25 bits per heavy atom. The van der Waals surface area contributed by atoms with Crippen molar-refractivity contribution in [2.45, 2.75) is 20.0 Å². The molecular weight excluding hydrogens is 336 g/mol. The Kier molecular flexibility index (Phi) is 6.32. The van der Waals surface area contributed by atoms with Gasteiger partial charge < -0.3 is 10.1 Å². The second kappa shape index (κ2) is 8.45. The minimum Gasteiger partial charge on any atom is -0.433 e. The number of benzene rings is 2. The van der Waals surface area contributed by atoms with Gasteiger partial charge in [0.05, 0.1) is 5.02 Å². The van der Waals surface area contributed by atoms with Crippen LogP contribution in [-0.2, 0) is 11.2 Å². The van der Waals surface area contributed by atoms with Gasteiger partial charge in [0, 0.05) is 11.8 Å². The zero-order valence-electron chi connectivity index (χ0n) is 12.9. The van der Waals surface area contributed by atoms with Crippen molar-refractivity contribution in [3.05, 3.63) is 64.7 Å². The van der Waals surface area contributed by atoms with Crippen LogP contribution in [-0.4, -0.2) is 12.5 Å². The predicted octanol–water partition coefficient (Wildman–Crippen LogP) is 5.16. The molecule has 0 saturated heterocycles. The third kappa shape index (κ3) is 5.35. The lowest BCUT2D eigenvalue weighted by Gasteiger charge is -2.08. The van der Waals surface area contributed by atoms with E-state index >= 15 is 0 Å². The number of amides is 1. The summed E-state index contributed by atoms with van der Waals surface area (Å²) < 4.78 is 28.6. The average molecular weight is 352 g/mol. The van der Waals surface area contributed by atoms with Crippen LogP contribution in [0.5, 0.6) is 5.75 Å². The van der Waals surface area contributed by atoms with E-state index in [0.29, 0.717) is 5.69 Å². The fourth-order valence-electron chi connectivity index (χ4n) is 1.99. The fraction of sp³-hybridized carbons (Fsp3) is 0.167. The molecule has 1 N–H and O–H groups in total. The number of anilines is 1. The summed E-state index contributed by atoms with van der Waals surface area (Å²) in [7, 11) is 0. The maximum Gasteiger partial charge on any atom is 0.387 e. The van der Waals surface area contributed by atoms with Gasteiger partial charge in [0.15, 0.2) is 0 Å². The predicted molar refractivity (Wildman–Crippen MR) is 91.6 cm³/mol. The smallest absolute Gasteiger partial charge is 0.387 e. The zero-order valence-corrected chi connectivity index (χ0v) is 13.7. The first-order valence-electron chi connectivity index (χ1n) is 7.30. The van der Waals surface area contributed by atoms with Crippen molar-refractivity contribution in [3.63, 3.8) is 0 Å². The summed E-state index contributed by atoms with van der Waals surface area (Å²) in [5.74, 6) is -0.496. The van der Waals surface area contributed by atoms with Gasteiger partial charge in [0.25, 0.3) is 0 Å². The van der Waals surface area contributed by atoms with E-state index in [2.05, 4.69) is 17.0 Å². The first kappa shape index (κ1) is 17.9. The van der Waals surface area contributed by atoms with Crippen LogP contribution in [0, 0.1) is 0 Å². The molecule has 0 aromatic heterocycles. The van der Waals surface area contributed by atoms with Crippen molar-refractivity contribution in [1.82, 2.24) is 0 Å². The standard InChI is InChI=1S/C18H16ClF2NO2/c1-2-12-3-5-13(6-4-12)7-10-17(23)22-14-8-9-16(15(19)11-14)24-18(20)21/h3-11,18H,2H2,1H3,(H,22,23)/b10-7+. The molecule has 0 aliphatic heterocycles. The van der Waals surface area contributed by atoms with Gasteiger partial charge in [-0.1, -0.05) is 42.8 Å². The van der Waals surface area contributed by atoms with E-state index in [9.17, 15) is 13.6 Å². The minimum atomic E-state index is -2.95. The summed E-state index contributed by atoms with van der Waals surface area (Å²) in [5.41, 5.74) is 2.51. The Balaban J connectivity index is 1.98. The van der Waals surface area contributed by atoms with Gasteiger partial charge >= 0.3 is 6.61 Å². The lowest BCUT2D eigenvalue weighted by atomic mass is 10.1. The van der Waals surface area contributed by atoms with Gasteiger partial charge in [-0.25, -0.2) is 0 Å². The van der Waals surface area contributed by atoms with Crippen molar-refractivity contribution in [2.24, 2.45) is 0 Å². The van der Waals surface area contributed by atoms with E-state index in [-0.39, 0.29) is 16.7 Å². The Morgan fingerprint density at radius 3 is 2.54 bits per heavy atom. The number of alkyl halides is 2. The molecule has 0 radical (unpaired) electrons. The van der Waals surface area contributed by atoms with E-state index in [0.717, 1.165) is 12.0 Å². The van der Waals surface area contributed by atoms with E-state index in [1.165, 1.54) is 29.8 Å². The summed E-state index contributed by atoms with van der Waals surface area (Å²) in [6.07, 6.45) is 4.03. The van der Waals surface area contributed by atoms with E-state index in [4.69, 9.17) is 11.6 Å². The van der Waals surface area contributed by atoms with Crippen LogP contribution in [0.2, 0.25) is 5.02 Å². The molecular formula is C18H16ClF2NO2. The molecule has 0 aliphatic rings. The number of rotatable bonds is 6. The van der Waals surface area contributed by atoms with Crippen LogP contribution in [0.1, 0.15) is 18.1 Å². The van der Waals surface area contributed by atoms with Crippen molar-refractivity contribution >= 4 is 29.3 Å². The maximum atomic E-state index is 12.2. The number of hydrogen-bond donors (Lipinski definition) is 1. The SMILES string of the molecule is CCc1ccc(/C=C/C(=O)Nc2ccc(OC(F)F)c(Cl)c2)cc1. The van der Waals surface area contributed by atoms with Crippen molar-refractivity contribution in [2.75, 3.05) is 5.32 Å². The number of halogens is 3. The number of hydrogen-bond acceptors (Lipinski definition) is 2. The molecule has 0 fully saturated rings. The van der Waals surface area contributed by atoms with Crippen LogP contribution in [0.15, 0.2) is 48.5 Å². The lowest BCUT2D eigenvalue weighted by Crippen LogP contribution is -2.08. The highest BCUT2D eigenvalue weighted by Crippen LogP contribution is 2.28.